The molecule has 0 spiro atoms. The molecule has 78 valence electrons. The van der Waals surface area contributed by atoms with Crippen molar-refractivity contribution in [2.45, 2.75) is 0 Å². The highest BCUT2D eigenvalue weighted by atomic mass is 79.9. The Morgan fingerprint density at radius 3 is 2.60 bits per heavy atom. The Bertz CT molecular complexity index is 413. The molecule has 0 radical (unpaired) electrons. The zero-order valence-corrected chi connectivity index (χ0v) is 9.80. The van der Waals surface area contributed by atoms with E-state index >= 15 is 0 Å². The predicted octanol–water partition coefficient (Wildman–Crippen LogP) is 2.16. The van der Waals surface area contributed by atoms with Crippen LogP contribution in [0, 0.1) is 0 Å². The molecule has 0 aliphatic carbocycles. The van der Waals surface area contributed by atoms with Gasteiger partial charge in [0.15, 0.2) is 0 Å². The van der Waals surface area contributed by atoms with Crippen molar-refractivity contribution in [3.63, 3.8) is 0 Å². The summed E-state index contributed by atoms with van der Waals surface area (Å²) in [4.78, 5) is 23.8. The van der Waals surface area contributed by atoms with E-state index in [0.29, 0.717) is 10.7 Å². The molecule has 1 N–H and O–H groups in total. The molecule has 0 aromatic heterocycles. The number of hydrogen-bond acceptors (Lipinski definition) is 2. The lowest BCUT2D eigenvalue weighted by Gasteiger charge is -2.12. The van der Waals surface area contributed by atoms with Crippen LogP contribution in [0.15, 0.2) is 22.7 Å². The van der Waals surface area contributed by atoms with Gasteiger partial charge in [0.1, 0.15) is 0 Å². The van der Waals surface area contributed by atoms with E-state index in [0.717, 1.165) is 9.37 Å². The molecular formula is C9H6BrClN2O2. The topological polar surface area (TPSA) is 49.4 Å². The fourth-order valence-corrected chi connectivity index (χ4v) is 2.19. The molecule has 2 rings (SSSR count). The van der Waals surface area contributed by atoms with Gasteiger partial charge in [-0.2, -0.15) is 0 Å². The van der Waals surface area contributed by atoms with Gasteiger partial charge in [-0.25, -0.2) is 9.69 Å². The maximum atomic E-state index is 11.4. The minimum absolute atomic E-state index is 0.0307. The first-order chi connectivity index (χ1) is 7.08. The summed E-state index contributed by atoms with van der Waals surface area (Å²) in [5.41, 5.74) is 0.467. The van der Waals surface area contributed by atoms with Crippen molar-refractivity contribution in [3.05, 3.63) is 27.7 Å². The highest BCUT2D eigenvalue weighted by molar-refractivity contribution is 9.10. The highest BCUT2D eigenvalue weighted by Gasteiger charge is 2.30. The highest BCUT2D eigenvalue weighted by Crippen LogP contribution is 2.26. The van der Waals surface area contributed by atoms with E-state index in [9.17, 15) is 9.59 Å². The maximum absolute atomic E-state index is 11.4. The fourth-order valence-electron chi connectivity index (χ4n) is 1.35. The summed E-state index contributed by atoms with van der Waals surface area (Å²) in [5, 5.41) is 2.90. The van der Waals surface area contributed by atoms with Crippen LogP contribution >= 0.6 is 27.5 Å². The van der Waals surface area contributed by atoms with Crippen LogP contribution in [0.2, 0.25) is 5.02 Å². The number of carbonyl (C=O) groups excluding carboxylic acids is 2. The number of anilines is 1. The van der Waals surface area contributed by atoms with E-state index in [-0.39, 0.29) is 12.5 Å². The van der Waals surface area contributed by atoms with Crippen LogP contribution in [-0.4, -0.2) is 18.5 Å². The first kappa shape index (κ1) is 10.4. The first-order valence-electron chi connectivity index (χ1n) is 4.15. The number of nitrogens with zero attached hydrogens (tertiary/aromatic N) is 1. The zero-order chi connectivity index (χ0) is 11.0. The molecule has 1 aromatic rings. The second-order valence-corrected chi connectivity index (χ2v) is 4.37. The number of rotatable bonds is 1. The van der Waals surface area contributed by atoms with Crippen molar-refractivity contribution in [2.24, 2.45) is 0 Å². The summed E-state index contributed by atoms with van der Waals surface area (Å²) in [6, 6.07) is 4.49. The third-order valence-corrected chi connectivity index (χ3v) is 2.62. The maximum Gasteiger partial charge on any atom is 0.329 e. The van der Waals surface area contributed by atoms with Crippen LogP contribution in [-0.2, 0) is 4.79 Å². The molecule has 1 aliphatic heterocycles. The Morgan fingerprint density at radius 2 is 2.07 bits per heavy atom. The molecule has 1 aromatic carbocycles. The van der Waals surface area contributed by atoms with Gasteiger partial charge in [0.25, 0.3) is 5.91 Å². The van der Waals surface area contributed by atoms with E-state index in [4.69, 9.17) is 11.6 Å². The number of amides is 3. The molecule has 0 atom stereocenters. The summed E-state index contributed by atoms with van der Waals surface area (Å²) in [6.45, 7) is 0.0307. The van der Waals surface area contributed by atoms with Gasteiger partial charge in [0.05, 0.1) is 12.2 Å². The summed E-state index contributed by atoms with van der Waals surface area (Å²) < 4.78 is 0.720. The predicted molar refractivity (Wildman–Crippen MR) is 60.0 cm³/mol. The zero-order valence-electron chi connectivity index (χ0n) is 7.46. The van der Waals surface area contributed by atoms with Crippen LogP contribution < -0.4 is 10.2 Å². The summed E-state index contributed by atoms with van der Waals surface area (Å²) in [5.74, 6) is -0.283. The van der Waals surface area contributed by atoms with E-state index < -0.39 is 6.03 Å². The molecule has 0 bridgehead atoms. The monoisotopic (exact) mass is 288 g/mol. The Hall–Kier alpha value is -1.07. The number of hydrogen-bond donors (Lipinski definition) is 1. The van der Waals surface area contributed by atoms with Crippen LogP contribution in [0.1, 0.15) is 0 Å². The number of carbonyl (C=O) groups is 2. The first-order valence-corrected chi connectivity index (χ1v) is 5.32. The molecule has 4 nitrogen and oxygen atoms in total. The van der Waals surface area contributed by atoms with Gasteiger partial charge in [-0.15, -0.1) is 0 Å². The minimum atomic E-state index is -0.422. The van der Waals surface area contributed by atoms with Crippen LogP contribution in [0.4, 0.5) is 10.5 Å². The molecule has 6 heteroatoms. The van der Waals surface area contributed by atoms with E-state index in [1.54, 1.807) is 18.2 Å². The van der Waals surface area contributed by atoms with Gasteiger partial charge in [-0.1, -0.05) is 27.5 Å². The van der Waals surface area contributed by atoms with Gasteiger partial charge < -0.3 is 5.32 Å². The lowest BCUT2D eigenvalue weighted by atomic mass is 10.3. The van der Waals surface area contributed by atoms with Crippen molar-refractivity contribution in [1.82, 2.24) is 5.32 Å². The third-order valence-electron chi connectivity index (χ3n) is 1.95. The van der Waals surface area contributed by atoms with Crippen molar-refractivity contribution < 1.29 is 9.59 Å². The summed E-state index contributed by atoms with van der Waals surface area (Å²) in [6.07, 6.45) is 0. The van der Waals surface area contributed by atoms with Crippen LogP contribution in [0.3, 0.4) is 0 Å². The van der Waals surface area contributed by atoms with Crippen molar-refractivity contribution in [3.8, 4) is 0 Å². The van der Waals surface area contributed by atoms with Crippen LogP contribution in [0.5, 0.6) is 0 Å². The van der Waals surface area contributed by atoms with Gasteiger partial charge in [-0.05, 0) is 18.2 Å². The molecule has 0 saturated carbocycles. The largest absolute Gasteiger partial charge is 0.329 e. The van der Waals surface area contributed by atoms with Crippen molar-refractivity contribution in [2.75, 3.05) is 11.4 Å². The molecule has 3 amide bonds. The second-order valence-electron chi connectivity index (χ2n) is 3.02. The SMILES string of the molecule is O=C1CNC(=O)N1c1cc(Cl)cc(Br)c1. The van der Waals surface area contributed by atoms with Gasteiger partial charge in [-0.3, -0.25) is 4.79 Å². The Labute approximate surface area is 99.3 Å². The van der Waals surface area contributed by atoms with Crippen molar-refractivity contribution in [1.29, 1.82) is 0 Å². The Kier molecular flexibility index (Phi) is 2.67. The molecule has 1 heterocycles. The molecular weight excluding hydrogens is 283 g/mol. The van der Waals surface area contributed by atoms with Gasteiger partial charge in [0, 0.05) is 9.50 Å². The summed E-state index contributed by atoms with van der Waals surface area (Å²) in [7, 11) is 0. The Balaban J connectivity index is 2.44. The second kappa shape index (κ2) is 3.83. The number of benzene rings is 1. The normalized spacial score (nSPS) is 15.7. The van der Waals surface area contributed by atoms with Crippen LogP contribution in [0.25, 0.3) is 0 Å². The Morgan fingerprint density at radius 1 is 1.33 bits per heavy atom. The van der Waals surface area contributed by atoms with Crippen molar-refractivity contribution >= 4 is 45.2 Å². The van der Waals surface area contributed by atoms with E-state index in [1.807, 2.05) is 0 Å². The van der Waals surface area contributed by atoms with E-state index in [1.165, 1.54) is 0 Å². The average Bonchev–Trinajstić information content (AvgIpc) is 2.44. The smallest absolute Gasteiger partial charge is 0.328 e. The van der Waals surface area contributed by atoms with Gasteiger partial charge >= 0.3 is 6.03 Å². The van der Waals surface area contributed by atoms with Gasteiger partial charge in [0.2, 0.25) is 0 Å². The lowest BCUT2D eigenvalue weighted by molar-refractivity contribution is -0.115. The molecule has 1 saturated heterocycles. The third kappa shape index (κ3) is 1.98. The number of nitrogens with one attached hydrogen (secondary N) is 1. The molecule has 15 heavy (non-hydrogen) atoms. The minimum Gasteiger partial charge on any atom is -0.328 e. The average molecular weight is 290 g/mol. The summed E-state index contributed by atoms with van der Waals surface area (Å²) >= 11 is 9.07. The molecule has 0 unspecified atom stereocenters. The fraction of sp³-hybridized carbons (Fsp3) is 0.111. The standard InChI is InChI=1S/C9H6BrClN2O2/c10-5-1-6(11)3-7(2-5)13-8(14)4-12-9(13)15/h1-3H,4H2,(H,12,15). The lowest BCUT2D eigenvalue weighted by Crippen LogP contribution is -2.30. The quantitative estimate of drug-likeness (QED) is 0.806. The van der Waals surface area contributed by atoms with E-state index in [2.05, 4.69) is 21.2 Å². The number of imide groups is 1. The number of halogens is 2. The molecule has 1 aliphatic rings. The molecule has 1 fully saturated rings. The number of urea groups is 1.